The number of benzene rings is 3. The Morgan fingerprint density at radius 3 is 2.31 bits per heavy atom. The predicted octanol–water partition coefficient (Wildman–Crippen LogP) is 5.14. The fraction of sp³-hybridized carbons (Fsp3) is 0.207. The van der Waals surface area contributed by atoms with Gasteiger partial charge in [0.25, 0.3) is 0 Å². The first-order chi connectivity index (χ1) is 16.9. The zero-order valence-electron chi connectivity index (χ0n) is 20.1. The Bertz CT molecular complexity index is 1440. The Morgan fingerprint density at radius 1 is 0.943 bits per heavy atom. The van der Waals surface area contributed by atoms with E-state index in [1.807, 2.05) is 51.1 Å². The van der Waals surface area contributed by atoms with E-state index in [0.717, 1.165) is 23.3 Å². The molecule has 0 aliphatic carbocycles. The summed E-state index contributed by atoms with van der Waals surface area (Å²) in [6.45, 7) is 6.36. The van der Waals surface area contributed by atoms with Gasteiger partial charge in [0.15, 0.2) is 5.78 Å². The molecule has 0 aliphatic rings. The minimum absolute atomic E-state index is 0.0449. The van der Waals surface area contributed by atoms with E-state index < -0.39 is 0 Å². The number of rotatable bonds is 8. The van der Waals surface area contributed by atoms with Gasteiger partial charge in [-0.25, -0.2) is 0 Å². The molecule has 0 radical (unpaired) electrons. The first-order valence-corrected chi connectivity index (χ1v) is 11.7. The van der Waals surface area contributed by atoms with Crippen LogP contribution in [0.15, 0.2) is 77.7 Å². The van der Waals surface area contributed by atoms with Crippen LogP contribution in [-0.4, -0.2) is 22.9 Å². The predicted molar refractivity (Wildman–Crippen MR) is 138 cm³/mol. The molecule has 4 aromatic rings. The smallest absolute Gasteiger partial charge is 0.244 e. The third-order valence-corrected chi connectivity index (χ3v) is 5.87. The minimum Gasteiger partial charge on any atom is -0.494 e. The molecule has 1 amide bonds. The second-order valence-corrected chi connectivity index (χ2v) is 8.41. The third kappa shape index (κ3) is 5.32. The number of carbonyl (C=O) groups is 2. The van der Waals surface area contributed by atoms with Crippen molar-refractivity contribution in [2.45, 2.75) is 33.7 Å². The summed E-state index contributed by atoms with van der Waals surface area (Å²) in [4.78, 5) is 39.5. The van der Waals surface area contributed by atoms with Gasteiger partial charge < -0.3 is 14.6 Å². The third-order valence-electron chi connectivity index (χ3n) is 5.87. The molecule has 1 N–H and O–H groups in total. The molecule has 3 aromatic carbocycles. The molecule has 0 spiro atoms. The number of anilines is 1. The molecule has 0 bridgehead atoms. The molecule has 0 saturated heterocycles. The molecule has 1 aromatic heterocycles. The van der Waals surface area contributed by atoms with E-state index >= 15 is 0 Å². The van der Waals surface area contributed by atoms with E-state index in [9.17, 15) is 14.4 Å². The monoisotopic (exact) mass is 468 g/mol. The fourth-order valence-corrected chi connectivity index (χ4v) is 3.97. The number of ether oxygens (including phenoxy) is 1. The molecule has 35 heavy (non-hydrogen) atoms. The Balaban J connectivity index is 1.71. The first kappa shape index (κ1) is 24.0. The summed E-state index contributed by atoms with van der Waals surface area (Å²) in [5.74, 6) is 0.0924. The lowest BCUT2D eigenvalue weighted by molar-refractivity contribution is -0.116. The number of nitrogens with one attached hydrogen (secondary N) is 1. The maximum atomic E-state index is 13.3. The zero-order chi connectivity index (χ0) is 24.9. The zero-order valence-corrected chi connectivity index (χ0v) is 20.1. The van der Waals surface area contributed by atoms with Gasteiger partial charge in [-0.2, -0.15) is 0 Å². The van der Waals surface area contributed by atoms with Crippen molar-refractivity contribution in [2.75, 3.05) is 11.9 Å². The average Bonchev–Trinajstić information content (AvgIpc) is 2.87. The summed E-state index contributed by atoms with van der Waals surface area (Å²) in [5, 5.41) is 3.30. The lowest BCUT2D eigenvalue weighted by Gasteiger charge is -2.14. The molecule has 0 aliphatic heterocycles. The largest absolute Gasteiger partial charge is 0.494 e. The van der Waals surface area contributed by atoms with Crippen molar-refractivity contribution in [2.24, 2.45) is 0 Å². The van der Waals surface area contributed by atoms with Gasteiger partial charge in [0.1, 0.15) is 12.3 Å². The number of aromatic nitrogens is 1. The van der Waals surface area contributed by atoms with Crippen molar-refractivity contribution in [1.82, 2.24) is 4.57 Å². The van der Waals surface area contributed by atoms with Crippen LogP contribution < -0.4 is 15.5 Å². The number of aryl methyl sites for hydroxylation is 2. The summed E-state index contributed by atoms with van der Waals surface area (Å²) < 4.78 is 7.11. The second-order valence-electron chi connectivity index (χ2n) is 8.41. The molecular weight excluding hydrogens is 440 g/mol. The molecule has 0 atom stereocenters. The molecule has 0 saturated carbocycles. The van der Waals surface area contributed by atoms with E-state index in [-0.39, 0.29) is 29.2 Å². The molecule has 1 heterocycles. The second kappa shape index (κ2) is 10.4. The van der Waals surface area contributed by atoms with E-state index in [1.165, 1.54) is 6.20 Å². The maximum absolute atomic E-state index is 13.3. The standard InChI is InChI=1S/C29H28N2O4/c1-4-20-8-15-26-24(16-20)29(34)25(28(33)21-9-6-19(3)7-10-21)17-31(26)18-27(32)30-22-11-13-23(14-12-22)35-5-2/h6-17H,4-5,18H2,1-3H3,(H,30,32). The van der Waals surface area contributed by atoms with Crippen molar-refractivity contribution in [3.8, 4) is 5.75 Å². The molecule has 6 nitrogen and oxygen atoms in total. The Kier molecular flexibility index (Phi) is 7.11. The number of hydrogen-bond donors (Lipinski definition) is 1. The number of amides is 1. The van der Waals surface area contributed by atoms with Gasteiger partial charge >= 0.3 is 0 Å². The SMILES string of the molecule is CCOc1ccc(NC(=O)Cn2cc(C(=O)c3ccc(C)cc3)c(=O)c3cc(CC)ccc32)cc1. The molecule has 4 rings (SSSR count). The Morgan fingerprint density at radius 2 is 1.66 bits per heavy atom. The van der Waals surface area contributed by atoms with Gasteiger partial charge in [-0.05, 0) is 62.2 Å². The van der Waals surface area contributed by atoms with E-state index in [2.05, 4.69) is 5.32 Å². The minimum atomic E-state index is -0.362. The highest BCUT2D eigenvalue weighted by molar-refractivity contribution is 6.10. The molecule has 0 unspecified atom stereocenters. The first-order valence-electron chi connectivity index (χ1n) is 11.7. The summed E-state index contributed by atoms with van der Waals surface area (Å²) in [7, 11) is 0. The van der Waals surface area contributed by atoms with Crippen LogP contribution in [0.3, 0.4) is 0 Å². The lowest BCUT2D eigenvalue weighted by atomic mass is 10.00. The van der Waals surface area contributed by atoms with Gasteiger partial charge in [-0.15, -0.1) is 0 Å². The highest BCUT2D eigenvalue weighted by Gasteiger charge is 2.18. The van der Waals surface area contributed by atoms with Crippen molar-refractivity contribution < 1.29 is 14.3 Å². The number of nitrogens with zero attached hydrogens (tertiary/aromatic N) is 1. The van der Waals surface area contributed by atoms with Crippen LogP contribution in [0.4, 0.5) is 5.69 Å². The van der Waals surface area contributed by atoms with E-state index in [1.54, 1.807) is 41.0 Å². The average molecular weight is 469 g/mol. The van der Waals surface area contributed by atoms with Gasteiger partial charge in [-0.3, -0.25) is 14.4 Å². The van der Waals surface area contributed by atoms with Crippen LogP contribution in [0.1, 0.15) is 40.9 Å². The summed E-state index contributed by atoms with van der Waals surface area (Å²) in [5.41, 5.74) is 3.40. The van der Waals surface area contributed by atoms with Crippen molar-refractivity contribution in [3.63, 3.8) is 0 Å². The molecule has 178 valence electrons. The number of hydrogen-bond acceptors (Lipinski definition) is 4. The summed E-state index contributed by atoms with van der Waals surface area (Å²) >= 11 is 0. The molecule has 6 heteroatoms. The molecule has 0 fully saturated rings. The van der Waals surface area contributed by atoms with Crippen molar-refractivity contribution >= 4 is 28.3 Å². The van der Waals surface area contributed by atoms with Crippen LogP contribution in [0.5, 0.6) is 5.75 Å². The van der Waals surface area contributed by atoms with Crippen LogP contribution >= 0.6 is 0 Å². The van der Waals surface area contributed by atoms with Gasteiger partial charge in [0, 0.05) is 22.8 Å². The van der Waals surface area contributed by atoms with Crippen molar-refractivity contribution in [3.05, 3.63) is 105 Å². The number of pyridine rings is 1. The van der Waals surface area contributed by atoms with Gasteiger partial charge in [0.2, 0.25) is 11.3 Å². The highest BCUT2D eigenvalue weighted by Crippen LogP contribution is 2.19. The van der Waals surface area contributed by atoms with Crippen molar-refractivity contribution in [1.29, 1.82) is 0 Å². The fourth-order valence-electron chi connectivity index (χ4n) is 3.97. The summed E-state index contributed by atoms with van der Waals surface area (Å²) in [6, 6.07) is 19.8. The maximum Gasteiger partial charge on any atom is 0.244 e. The number of ketones is 1. The van der Waals surface area contributed by atoms with E-state index in [0.29, 0.717) is 28.8 Å². The van der Waals surface area contributed by atoms with Crippen LogP contribution in [0, 0.1) is 6.92 Å². The van der Waals surface area contributed by atoms with Crippen LogP contribution in [0.25, 0.3) is 10.9 Å². The number of fused-ring (bicyclic) bond motifs is 1. The summed E-state index contributed by atoms with van der Waals surface area (Å²) in [6.07, 6.45) is 2.25. The van der Waals surface area contributed by atoms with Gasteiger partial charge in [-0.1, -0.05) is 42.8 Å². The highest BCUT2D eigenvalue weighted by atomic mass is 16.5. The Hall–Kier alpha value is -4.19. The van der Waals surface area contributed by atoms with E-state index in [4.69, 9.17) is 4.74 Å². The normalized spacial score (nSPS) is 10.8. The number of carbonyl (C=O) groups excluding carboxylic acids is 2. The quantitative estimate of drug-likeness (QED) is 0.363. The molecular formula is C29H28N2O4. The lowest BCUT2D eigenvalue weighted by Crippen LogP contribution is -2.24. The van der Waals surface area contributed by atoms with Crippen LogP contribution in [0.2, 0.25) is 0 Å². The van der Waals surface area contributed by atoms with Gasteiger partial charge in [0.05, 0.1) is 17.7 Å². The van der Waals surface area contributed by atoms with Crippen LogP contribution in [-0.2, 0) is 17.8 Å². The topological polar surface area (TPSA) is 77.4 Å². The Labute approximate surface area is 204 Å².